The van der Waals surface area contributed by atoms with E-state index in [1.165, 1.54) is 0 Å². The van der Waals surface area contributed by atoms with Crippen LogP contribution in [0.25, 0.3) is 0 Å². The van der Waals surface area contributed by atoms with Crippen LogP contribution in [0, 0.1) is 0 Å². The lowest BCUT2D eigenvalue weighted by Crippen LogP contribution is -2.65. The zero-order valence-corrected chi connectivity index (χ0v) is 12.6. The van der Waals surface area contributed by atoms with E-state index in [9.17, 15) is 8.42 Å². The summed E-state index contributed by atoms with van der Waals surface area (Å²) in [7, 11) is -2.81. The van der Waals surface area contributed by atoms with Gasteiger partial charge in [-0.1, -0.05) is 6.92 Å². The van der Waals surface area contributed by atoms with Crippen LogP contribution in [-0.2, 0) is 9.84 Å². The summed E-state index contributed by atoms with van der Waals surface area (Å²) in [5.41, 5.74) is 0.0902. The van der Waals surface area contributed by atoms with Crippen LogP contribution in [0.1, 0.15) is 40.0 Å². The van der Waals surface area contributed by atoms with Gasteiger partial charge < -0.3 is 5.32 Å². The number of nitrogens with zero attached hydrogens (tertiary/aromatic N) is 1. The number of nitrogens with one attached hydrogen (secondary N) is 1. The van der Waals surface area contributed by atoms with Gasteiger partial charge in [-0.2, -0.15) is 0 Å². The summed E-state index contributed by atoms with van der Waals surface area (Å²) in [6.07, 6.45) is 2.94. The van der Waals surface area contributed by atoms with E-state index in [1.54, 1.807) is 0 Å². The Labute approximate surface area is 111 Å². The first-order valence-corrected chi connectivity index (χ1v) is 8.86. The van der Waals surface area contributed by atoms with Gasteiger partial charge in [0.15, 0.2) is 9.84 Å². The summed E-state index contributed by atoms with van der Waals surface area (Å²) in [6.45, 7) is 8.51. The summed E-state index contributed by atoms with van der Waals surface area (Å²) in [6, 6.07) is 0.714. The number of hydrogen-bond acceptors (Lipinski definition) is 4. The lowest BCUT2D eigenvalue weighted by atomic mass is 9.95. The van der Waals surface area contributed by atoms with Gasteiger partial charge in [0.1, 0.15) is 0 Å². The first kappa shape index (κ1) is 14.3. The highest BCUT2D eigenvalue weighted by atomic mass is 32.2. The topological polar surface area (TPSA) is 49.4 Å². The second-order valence-corrected chi connectivity index (χ2v) is 8.64. The zero-order chi connectivity index (χ0) is 13.4. The summed E-state index contributed by atoms with van der Waals surface area (Å²) < 4.78 is 23.6. The highest BCUT2D eigenvalue weighted by Crippen LogP contribution is 2.25. The van der Waals surface area contributed by atoms with Crippen LogP contribution in [0.4, 0.5) is 0 Å². The molecule has 2 fully saturated rings. The number of piperazine rings is 1. The molecule has 0 amide bonds. The Morgan fingerprint density at radius 2 is 2.11 bits per heavy atom. The molecule has 2 aliphatic rings. The third kappa shape index (κ3) is 3.25. The van der Waals surface area contributed by atoms with Gasteiger partial charge in [0, 0.05) is 30.7 Å². The molecule has 2 atom stereocenters. The molecule has 0 aromatic heterocycles. The van der Waals surface area contributed by atoms with Crippen LogP contribution in [0.5, 0.6) is 0 Å². The van der Waals surface area contributed by atoms with Crippen molar-refractivity contribution in [2.45, 2.75) is 57.7 Å². The lowest BCUT2D eigenvalue weighted by molar-refractivity contribution is 0.0547. The first-order chi connectivity index (χ1) is 8.33. The fourth-order valence-corrected chi connectivity index (χ4v) is 4.94. The lowest BCUT2D eigenvalue weighted by Gasteiger charge is -2.48. The summed E-state index contributed by atoms with van der Waals surface area (Å²) >= 11 is 0. The molecule has 0 aliphatic carbocycles. The van der Waals surface area contributed by atoms with Crippen molar-refractivity contribution < 1.29 is 8.42 Å². The minimum Gasteiger partial charge on any atom is -0.309 e. The van der Waals surface area contributed by atoms with Gasteiger partial charge >= 0.3 is 0 Å². The molecular formula is C13H26N2O2S. The number of hydrogen-bond donors (Lipinski definition) is 1. The third-order valence-corrected chi connectivity index (χ3v) is 6.05. The van der Waals surface area contributed by atoms with E-state index < -0.39 is 9.84 Å². The van der Waals surface area contributed by atoms with Crippen LogP contribution in [-0.4, -0.2) is 55.5 Å². The Balaban J connectivity index is 2.12. The Hall–Kier alpha value is -0.130. The second-order valence-electron chi connectivity index (χ2n) is 6.41. The van der Waals surface area contributed by atoms with Gasteiger partial charge in [-0.25, -0.2) is 8.42 Å². The average Bonchev–Trinajstić information content (AvgIpc) is 2.26. The molecule has 5 heteroatoms. The highest BCUT2D eigenvalue weighted by molar-refractivity contribution is 7.91. The Morgan fingerprint density at radius 1 is 1.39 bits per heavy atom. The largest absolute Gasteiger partial charge is 0.309 e. The van der Waals surface area contributed by atoms with Crippen molar-refractivity contribution >= 4 is 9.84 Å². The smallest absolute Gasteiger partial charge is 0.151 e. The molecule has 4 nitrogen and oxygen atoms in total. The van der Waals surface area contributed by atoms with E-state index in [0.29, 0.717) is 17.5 Å². The minimum absolute atomic E-state index is 0.0902. The van der Waals surface area contributed by atoms with Crippen LogP contribution >= 0.6 is 0 Å². The maximum absolute atomic E-state index is 11.8. The number of rotatable bonds is 2. The van der Waals surface area contributed by atoms with E-state index in [0.717, 1.165) is 32.4 Å². The fraction of sp³-hybridized carbons (Fsp3) is 1.00. The molecule has 0 aromatic carbocycles. The molecular weight excluding hydrogens is 248 g/mol. The van der Waals surface area contributed by atoms with Gasteiger partial charge in [-0.3, -0.25) is 4.90 Å². The van der Waals surface area contributed by atoms with Crippen molar-refractivity contribution in [2.24, 2.45) is 0 Å². The van der Waals surface area contributed by atoms with Crippen molar-refractivity contribution in [1.82, 2.24) is 10.2 Å². The van der Waals surface area contributed by atoms with E-state index in [2.05, 4.69) is 31.0 Å². The Morgan fingerprint density at radius 3 is 2.72 bits per heavy atom. The van der Waals surface area contributed by atoms with E-state index in [4.69, 9.17) is 0 Å². The summed E-state index contributed by atoms with van der Waals surface area (Å²) in [5, 5.41) is 3.56. The van der Waals surface area contributed by atoms with Crippen molar-refractivity contribution in [1.29, 1.82) is 0 Å². The molecule has 2 aliphatic heterocycles. The van der Waals surface area contributed by atoms with Crippen molar-refractivity contribution in [3.63, 3.8) is 0 Å². The quantitative estimate of drug-likeness (QED) is 0.817. The molecule has 106 valence electrons. The highest BCUT2D eigenvalue weighted by Gasteiger charge is 2.38. The molecule has 0 saturated carbocycles. The molecule has 2 rings (SSSR count). The molecule has 0 radical (unpaired) electrons. The standard InChI is InChI=1S/C13H26N2O2S/c1-4-11-8-14-13(2,3)10-15(11)12-6-5-7-18(16,17)9-12/h11-12,14H,4-10H2,1-3H3. The predicted octanol–water partition coefficient (Wildman–Crippen LogP) is 1.03. The Kier molecular flexibility index (Phi) is 4.04. The van der Waals surface area contributed by atoms with E-state index in [-0.39, 0.29) is 11.6 Å². The van der Waals surface area contributed by atoms with Gasteiger partial charge in [-0.05, 0) is 33.1 Å². The molecule has 0 aromatic rings. The summed E-state index contributed by atoms with van der Waals surface area (Å²) in [5.74, 6) is 0.745. The first-order valence-electron chi connectivity index (χ1n) is 7.04. The molecule has 18 heavy (non-hydrogen) atoms. The van der Waals surface area contributed by atoms with Crippen molar-refractivity contribution in [3.8, 4) is 0 Å². The van der Waals surface area contributed by atoms with Crippen molar-refractivity contribution in [2.75, 3.05) is 24.6 Å². The fourth-order valence-electron chi connectivity index (χ4n) is 3.22. The van der Waals surface area contributed by atoms with Crippen molar-refractivity contribution in [3.05, 3.63) is 0 Å². The van der Waals surface area contributed by atoms with Gasteiger partial charge in [-0.15, -0.1) is 0 Å². The molecule has 0 bridgehead atoms. The predicted molar refractivity (Wildman–Crippen MR) is 74.5 cm³/mol. The van der Waals surface area contributed by atoms with E-state index >= 15 is 0 Å². The average molecular weight is 274 g/mol. The van der Waals surface area contributed by atoms with Crippen LogP contribution < -0.4 is 5.32 Å². The third-order valence-electron chi connectivity index (χ3n) is 4.24. The minimum atomic E-state index is -2.81. The summed E-state index contributed by atoms with van der Waals surface area (Å²) in [4.78, 5) is 2.45. The monoisotopic (exact) mass is 274 g/mol. The molecule has 2 saturated heterocycles. The molecule has 0 spiro atoms. The normalized spacial score (nSPS) is 36.4. The van der Waals surface area contributed by atoms with E-state index in [1.807, 2.05) is 0 Å². The SMILES string of the molecule is CCC1CNC(C)(C)CN1C1CCCS(=O)(=O)C1. The van der Waals surface area contributed by atoms with Gasteiger partial charge in [0.2, 0.25) is 0 Å². The molecule has 2 heterocycles. The number of sulfone groups is 1. The van der Waals surface area contributed by atoms with Crippen LogP contribution in [0.3, 0.4) is 0 Å². The van der Waals surface area contributed by atoms with Gasteiger partial charge in [0.05, 0.1) is 11.5 Å². The molecule has 2 unspecified atom stereocenters. The van der Waals surface area contributed by atoms with Gasteiger partial charge in [0.25, 0.3) is 0 Å². The Bertz CT molecular complexity index is 392. The van der Waals surface area contributed by atoms with Crippen LogP contribution in [0.15, 0.2) is 0 Å². The maximum atomic E-state index is 11.8. The molecule has 1 N–H and O–H groups in total. The zero-order valence-electron chi connectivity index (χ0n) is 11.8. The van der Waals surface area contributed by atoms with Crippen LogP contribution in [0.2, 0.25) is 0 Å². The maximum Gasteiger partial charge on any atom is 0.151 e. The second kappa shape index (κ2) is 5.10.